The van der Waals surface area contributed by atoms with Crippen molar-refractivity contribution in [3.05, 3.63) is 46.7 Å². The Balaban J connectivity index is 2.28. The van der Waals surface area contributed by atoms with Crippen LogP contribution in [0.3, 0.4) is 0 Å². The van der Waals surface area contributed by atoms with Gasteiger partial charge in [-0.3, -0.25) is 0 Å². The number of nitrogens with zero attached hydrogens (tertiary/aromatic N) is 2. The molecule has 1 heterocycles. The second-order valence-corrected chi connectivity index (χ2v) is 3.36. The first-order chi connectivity index (χ1) is 6.77. The molecule has 0 aliphatic heterocycles. The van der Waals surface area contributed by atoms with E-state index in [-0.39, 0.29) is 6.04 Å². The number of hydrogen-bond donors (Lipinski definition) is 2. The molecule has 0 fully saturated rings. The number of aromatic nitrogens is 3. The minimum atomic E-state index is -0.258. The summed E-state index contributed by atoms with van der Waals surface area (Å²) in [6.07, 6.45) is 1.61. The zero-order chi connectivity index (χ0) is 9.97. The van der Waals surface area contributed by atoms with Gasteiger partial charge in [0.1, 0.15) is 5.69 Å². The van der Waals surface area contributed by atoms with Crippen molar-refractivity contribution in [3.8, 4) is 0 Å². The lowest BCUT2D eigenvalue weighted by Gasteiger charge is -2.07. The van der Waals surface area contributed by atoms with Gasteiger partial charge in [-0.15, -0.1) is 0 Å². The highest BCUT2D eigenvalue weighted by atomic mass is 35.5. The van der Waals surface area contributed by atoms with Crippen molar-refractivity contribution in [2.24, 2.45) is 5.73 Å². The standard InChI is InChI=1S/C9H9ClN4/c10-7-3-1-6(2-4-7)9(11)8-5-12-14-13-8/h1-5,9H,11H2,(H,12,13,14)/t9-/m0/s1. The van der Waals surface area contributed by atoms with E-state index in [1.807, 2.05) is 12.1 Å². The van der Waals surface area contributed by atoms with E-state index in [9.17, 15) is 0 Å². The van der Waals surface area contributed by atoms with Gasteiger partial charge >= 0.3 is 0 Å². The highest BCUT2D eigenvalue weighted by Gasteiger charge is 2.10. The zero-order valence-corrected chi connectivity index (χ0v) is 8.07. The van der Waals surface area contributed by atoms with Gasteiger partial charge in [-0.05, 0) is 17.7 Å². The predicted molar refractivity (Wildman–Crippen MR) is 53.9 cm³/mol. The summed E-state index contributed by atoms with van der Waals surface area (Å²) in [6.45, 7) is 0. The first-order valence-corrected chi connectivity index (χ1v) is 4.52. The summed E-state index contributed by atoms with van der Waals surface area (Å²) >= 11 is 5.77. The fourth-order valence-electron chi connectivity index (χ4n) is 1.20. The van der Waals surface area contributed by atoms with Gasteiger partial charge in [-0.1, -0.05) is 23.7 Å². The molecule has 0 saturated heterocycles. The molecule has 0 bridgehead atoms. The summed E-state index contributed by atoms with van der Waals surface area (Å²) in [6, 6.07) is 7.10. The number of hydrogen-bond acceptors (Lipinski definition) is 3. The number of nitrogens with one attached hydrogen (secondary N) is 1. The number of aromatic amines is 1. The predicted octanol–water partition coefficient (Wildman–Crippen LogP) is 1.51. The van der Waals surface area contributed by atoms with Crippen LogP contribution in [-0.2, 0) is 0 Å². The van der Waals surface area contributed by atoms with Gasteiger partial charge in [0.15, 0.2) is 0 Å². The summed E-state index contributed by atoms with van der Waals surface area (Å²) in [5.41, 5.74) is 7.62. The Labute approximate surface area is 86.1 Å². The topological polar surface area (TPSA) is 67.6 Å². The van der Waals surface area contributed by atoms with Gasteiger partial charge in [-0.2, -0.15) is 15.4 Å². The molecule has 2 rings (SSSR count). The second kappa shape index (κ2) is 3.77. The molecule has 0 unspecified atom stereocenters. The van der Waals surface area contributed by atoms with Gasteiger partial charge in [-0.25, -0.2) is 0 Å². The first-order valence-electron chi connectivity index (χ1n) is 4.14. The highest BCUT2D eigenvalue weighted by molar-refractivity contribution is 6.30. The first kappa shape index (κ1) is 9.18. The van der Waals surface area contributed by atoms with Crippen LogP contribution in [-0.4, -0.2) is 15.4 Å². The van der Waals surface area contributed by atoms with E-state index in [4.69, 9.17) is 17.3 Å². The van der Waals surface area contributed by atoms with Crippen LogP contribution in [0.2, 0.25) is 5.02 Å². The van der Waals surface area contributed by atoms with Gasteiger partial charge in [0.05, 0.1) is 12.2 Å². The second-order valence-electron chi connectivity index (χ2n) is 2.92. The summed E-state index contributed by atoms with van der Waals surface area (Å²) in [4.78, 5) is 0. The molecule has 1 atom stereocenters. The van der Waals surface area contributed by atoms with Crippen LogP contribution >= 0.6 is 11.6 Å². The highest BCUT2D eigenvalue weighted by Crippen LogP contribution is 2.18. The quantitative estimate of drug-likeness (QED) is 0.786. The normalized spacial score (nSPS) is 12.7. The van der Waals surface area contributed by atoms with Gasteiger partial charge in [0, 0.05) is 5.02 Å². The van der Waals surface area contributed by atoms with Crippen molar-refractivity contribution in [2.45, 2.75) is 6.04 Å². The Morgan fingerprint density at radius 3 is 2.57 bits per heavy atom. The molecule has 14 heavy (non-hydrogen) atoms. The molecule has 0 aliphatic carbocycles. The number of halogens is 1. The molecule has 0 saturated carbocycles. The van der Waals surface area contributed by atoms with Gasteiger partial charge in [0.2, 0.25) is 0 Å². The van der Waals surface area contributed by atoms with Crippen molar-refractivity contribution >= 4 is 11.6 Å². The van der Waals surface area contributed by atoms with Gasteiger partial charge in [0.25, 0.3) is 0 Å². The van der Waals surface area contributed by atoms with Crippen LogP contribution in [0.15, 0.2) is 30.5 Å². The number of rotatable bonds is 2. The third-order valence-electron chi connectivity index (χ3n) is 1.98. The van der Waals surface area contributed by atoms with Crippen molar-refractivity contribution in [3.63, 3.8) is 0 Å². The van der Waals surface area contributed by atoms with Crippen molar-refractivity contribution in [2.75, 3.05) is 0 Å². The Morgan fingerprint density at radius 1 is 1.29 bits per heavy atom. The molecule has 0 radical (unpaired) electrons. The van der Waals surface area contributed by atoms with Crippen LogP contribution in [0.5, 0.6) is 0 Å². The maximum Gasteiger partial charge on any atom is 0.104 e. The Bertz CT molecular complexity index is 395. The van der Waals surface area contributed by atoms with E-state index in [0.717, 1.165) is 5.56 Å². The molecule has 0 aliphatic rings. The monoisotopic (exact) mass is 208 g/mol. The summed E-state index contributed by atoms with van der Waals surface area (Å²) in [5, 5.41) is 10.8. The van der Waals surface area contributed by atoms with E-state index in [2.05, 4.69) is 15.4 Å². The molecule has 4 nitrogen and oxygen atoms in total. The lowest BCUT2D eigenvalue weighted by Crippen LogP contribution is -2.12. The lowest BCUT2D eigenvalue weighted by atomic mass is 10.1. The Morgan fingerprint density at radius 2 is 2.00 bits per heavy atom. The maximum atomic E-state index is 5.95. The fourth-order valence-corrected chi connectivity index (χ4v) is 1.33. The molecule has 0 amide bonds. The average Bonchev–Trinajstić information content (AvgIpc) is 2.71. The SMILES string of the molecule is N[C@@H](c1ccc(Cl)cc1)c1cn[nH]n1. The molecule has 3 N–H and O–H groups in total. The van der Waals surface area contributed by atoms with E-state index in [1.54, 1.807) is 18.3 Å². The minimum absolute atomic E-state index is 0.258. The van der Waals surface area contributed by atoms with Crippen LogP contribution in [0.4, 0.5) is 0 Å². The zero-order valence-electron chi connectivity index (χ0n) is 7.31. The smallest absolute Gasteiger partial charge is 0.104 e. The van der Waals surface area contributed by atoms with Gasteiger partial charge < -0.3 is 5.73 Å². The molecule has 1 aromatic carbocycles. The summed E-state index contributed by atoms with van der Waals surface area (Å²) in [7, 11) is 0. The summed E-state index contributed by atoms with van der Waals surface area (Å²) in [5.74, 6) is 0. The average molecular weight is 209 g/mol. The van der Waals surface area contributed by atoms with E-state index < -0.39 is 0 Å². The molecule has 1 aromatic heterocycles. The molecule has 72 valence electrons. The minimum Gasteiger partial charge on any atom is -0.319 e. The molecule has 5 heteroatoms. The number of H-pyrrole nitrogens is 1. The van der Waals surface area contributed by atoms with Crippen molar-refractivity contribution in [1.29, 1.82) is 0 Å². The Kier molecular flexibility index (Phi) is 2.47. The molecule has 2 aromatic rings. The number of nitrogens with two attached hydrogens (primary N) is 1. The molecular formula is C9H9ClN4. The van der Waals surface area contributed by atoms with Crippen LogP contribution < -0.4 is 5.73 Å². The van der Waals surface area contributed by atoms with E-state index in [0.29, 0.717) is 10.7 Å². The maximum absolute atomic E-state index is 5.95. The third kappa shape index (κ3) is 1.76. The van der Waals surface area contributed by atoms with Crippen molar-refractivity contribution in [1.82, 2.24) is 15.4 Å². The Hall–Kier alpha value is -1.39. The fraction of sp³-hybridized carbons (Fsp3) is 0.111. The van der Waals surface area contributed by atoms with Crippen molar-refractivity contribution < 1.29 is 0 Å². The van der Waals surface area contributed by atoms with Crippen LogP contribution in [0.1, 0.15) is 17.3 Å². The van der Waals surface area contributed by atoms with E-state index >= 15 is 0 Å². The van der Waals surface area contributed by atoms with Crippen LogP contribution in [0.25, 0.3) is 0 Å². The largest absolute Gasteiger partial charge is 0.319 e. The summed E-state index contributed by atoms with van der Waals surface area (Å²) < 4.78 is 0. The van der Waals surface area contributed by atoms with Crippen LogP contribution in [0, 0.1) is 0 Å². The molecule has 0 spiro atoms. The molecular weight excluding hydrogens is 200 g/mol. The lowest BCUT2D eigenvalue weighted by molar-refractivity contribution is 0.809. The number of benzene rings is 1. The van der Waals surface area contributed by atoms with E-state index in [1.165, 1.54) is 0 Å². The third-order valence-corrected chi connectivity index (χ3v) is 2.23.